The number of carbonyl (C=O) groups excluding carboxylic acids is 2. The first-order valence-electron chi connectivity index (χ1n) is 6.07. The standard InChI is InChI=1S/C11H16Cl4N2O2/c12-8(13)10(18)16-4-2-1-3-5-17(7-6-16)11(19)9(14)15/h8-9H,1-7H2. The van der Waals surface area contributed by atoms with Gasteiger partial charge < -0.3 is 9.80 Å². The summed E-state index contributed by atoms with van der Waals surface area (Å²) in [7, 11) is 0. The summed E-state index contributed by atoms with van der Waals surface area (Å²) in [6.45, 7) is 1.98. The molecule has 0 aromatic carbocycles. The number of hydrogen-bond acceptors (Lipinski definition) is 2. The maximum absolute atomic E-state index is 11.8. The summed E-state index contributed by atoms with van der Waals surface area (Å²) in [5, 5.41) is 0. The molecule has 0 aromatic heterocycles. The van der Waals surface area contributed by atoms with Crippen LogP contribution in [0.25, 0.3) is 0 Å². The summed E-state index contributed by atoms with van der Waals surface area (Å²) >= 11 is 22.4. The predicted octanol–water partition coefficient (Wildman–Crippen LogP) is 2.43. The molecule has 4 nitrogen and oxygen atoms in total. The molecule has 1 aliphatic rings. The van der Waals surface area contributed by atoms with Crippen LogP contribution in [0.15, 0.2) is 0 Å². The molecule has 0 unspecified atom stereocenters. The number of rotatable bonds is 2. The van der Waals surface area contributed by atoms with Crippen LogP contribution in [0.1, 0.15) is 19.3 Å². The second kappa shape index (κ2) is 8.40. The molecule has 19 heavy (non-hydrogen) atoms. The molecule has 1 fully saturated rings. The van der Waals surface area contributed by atoms with E-state index in [9.17, 15) is 9.59 Å². The molecule has 0 radical (unpaired) electrons. The number of hydrogen-bond donors (Lipinski definition) is 0. The van der Waals surface area contributed by atoms with Gasteiger partial charge in [-0.05, 0) is 19.3 Å². The Morgan fingerprint density at radius 2 is 1.05 bits per heavy atom. The number of nitrogens with zero attached hydrogens (tertiary/aromatic N) is 2. The van der Waals surface area contributed by atoms with Gasteiger partial charge in [0.15, 0.2) is 9.67 Å². The van der Waals surface area contributed by atoms with Crippen LogP contribution in [-0.2, 0) is 9.59 Å². The molecule has 2 amide bonds. The van der Waals surface area contributed by atoms with Crippen molar-refractivity contribution in [3.8, 4) is 0 Å². The van der Waals surface area contributed by atoms with Gasteiger partial charge in [-0.15, -0.1) is 0 Å². The summed E-state index contributed by atoms with van der Waals surface area (Å²) in [5.41, 5.74) is 0. The van der Waals surface area contributed by atoms with Crippen LogP contribution in [-0.4, -0.2) is 57.5 Å². The number of alkyl halides is 4. The van der Waals surface area contributed by atoms with E-state index in [4.69, 9.17) is 46.4 Å². The maximum Gasteiger partial charge on any atom is 0.255 e. The van der Waals surface area contributed by atoms with Crippen molar-refractivity contribution >= 4 is 58.2 Å². The lowest BCUT2D eigenvalue weighted by Gasteiger charge is -2.27. The SMILES string of the molecule is O=C(C(Cl)Cl)N1CCCCCN(C(=O)C(Cl)Cl)CC1. The van der Waals surface area contributed by atoms with E-state index in [1.165, 1.54) is 0 Å². The molecular formula is C11H16Cl4N2O2. The third-order valence-corrected chi connectivity index (χ3v) is 3.74. The lowest BCUT2D eigenvalue weighted by Crippen LogP contribution is -2.43. The Kier molecular flexibility index (Phi) is 7.58. The topological polar surface area (TPSA) is 40.6 Å². The zero-order chi connectivity index (χ0) is 14.4. The average molecular weight is 350 g/mol. The minimum Gasteiger partial charge on any atom is -0.339 e. The highest BCUT2D eigenvalue weighted by Crippen LogP contribution is 2.14. The van der Waals surface area contributed by atoms with Crippen molar-refractivity contribution in [3.05, 3.63) is 0 Å². The van der Waals surface area contributed by atoms with Crippen LogP contribution in [0.2, 0.25) is 0 Å². The summed E-state index contributed by atoms with van der Waals surface area (Å²) < 4.78 is 0. The fourth-order valence-electron chi connectivity index (χ4n) is 1.96. The first kappa shape index (κ1) is 17.2. The van der Waals surface area contributed by atoms with Gasteiger partial charge in [0.1, 0.15) is 0 Å². The predicted molar refractivity (Wildman–Crippen MR) is 78.0 cm³/mol. The second-order valence-electron chi connectivity index (χ2n) is 4.31. The van der Waals surface area contributed by atoms with Gasteiger partial charge in [0.2, 0.25) is 0 Å². The minimum atomic E-state index is -1.07. The van der Waals surface area contributed by atoms with Crippen LogP contribution in [0.5, 0.6) is 0 Å². The van der Waals surface area contributed by atoms with Gasteiger partial charge in [0.05, 0.1) is 0 Å². The van der Waals surface area contributed by atoms with E-state index in [-0.39, 0.29) is 11.8 Å². The Bertz CT molecular complexity index is 296. The van der Waals surface area contributed by atoms with Crippen molar-refractivity contribution < 1.29 is 9.59 Å². The van der Waals surface area contributed by atoms with Crippen LogP contribution >= 0.6 is 46.4 Å². The van der Waals surface area contributed by atoms with Crippen molar-refractivity contribution in [2.75, 3.05) is 26.2 Å². The van der Waals surface area contributed by atoms with Crippen molar-refractivity contribution in [1.29, 1.82) is 0 Å². The fraction of sp³-hybridized carbons (Fsp3) is 0.818. The van der Waals surface area contributed by atoms with E-state index < -0.39 is 9.67 Å². The van der Waals surface area contributed by atoms with Crippen LogP contribution in [0.4, 0.5) is 0 Å². The normalized spacial score (nSPS) is 18.2. The van der Waals surface area contributed by atoms with Crippen molar-refractivity contribution in [1.82, 2.24) is 9.80 Å². The molecule has 1 rings (SSSR count). The summed E-state index contributed by atoms with van der Waals surface area (Å²) in [6.07, 6.45) is 2.64. The molecule has 8 heteroatoms. The molecule has 0 aliphatic carbocycles. The Morgan fingerprint density at radius 1 is 0.684 bits per heavy atom. The molecule has 0 bridgehead atoms. The smallest absolute Gasteiger partial charge is 0.255 e. The van der Waals surface area contributed by atoms with E-state index >= 15 is 0 Å². The Balaban J connectivity index is 2.66. The Hall–Kier alpha value is 0.1000. The van der Waals surface area contributed by atoms with Crippen LogP contribution in [0.3, 0.4) is 0 Å². The lowest BCUT2D eigenvalue weighted by atomic mass is 10.2. The van der Waals surface area contributed by atoms with E-state index in [1.807, 2.05) is 0 Å². The molecule has 0 atom stereocenters. The highest BCUT2D eigenvalue weighted by Gasteiger charge is 2.25. The van der Waals surface area contributed by atoms with Gasteiger partial charge in [-0.3, -0.25) is 9.59 Å². The monoisotopic (exact) mass is 348 g/mol. The molecule has 0 N–H and O–H groups in total. The first-order chi connectivity index (χ1) is 8.93. The first-order valence-corrected chi connectivity index (χ1v) is 7.82. The maximum atomic E-state index is 11.8. The van der Waals surface area contributed by atoms with Gasteiger partial charge in [0.25, 0.3) is 11.8 Å². The molecule has 0 aromatic rings. The average Bonchev–Trinajstić information content (AvgIpc) is 2.48. The van der Waals surface area contributed by atoms with Gasteiger partial charge in [0, 0.05) is 26.2 Å². The number of carbonyl (C=O) groups is 2. The number of halogens is 4. The van der Waals surface area contributed by atoms with Crippen LogP contribution in [0, 0.1) is 0 Å². The molecule has 0 saturated carbocycles. The zero-order valence-corrected chi connectivity index (χ0v) is 13.4. The zero-order valence-electron chi connectivity index (χ0n) is 10.3. The van der Waals surface area contributed by atoms with Gasteiger partial charge in [-0.25, -0.2) is 0 Å². The summed E-state index contributed by atoms with van der Waals surface area (Å²) in [4.78, 5) is 24.6. The highest BCUT2D eigenvalue weighted by atomic mass is 35.5. The van der Waals surface area contributed by atoms with E-state index in [1.54, 1.807) is 9.80 Å². The largest absolute Gasteiger partial charge is 0.339 e. The van der Waals surface area contributed by atoms with Gasteiger partial charge in [-0.1, -0.05) is 46.4 Å². The van der Waals surface area contributed by atoms with Crippen molar-refractivity contribution in [2.24, 2.45) is 0 Å². The quantitative estimate of drug-likeness (QED) is 0.718. The van der Waals surface area contributed by atoms with Gasteiger partial charge in [-0.2, -0.15) is 0 Å². The minimum absolute atomic E-state index is 0.328. The Labute approximate surface area is 132 Å². The van der Waals surface area contributed by atoms with Crippen LogP contribution < -0.4 is 0 Å². The third-order valence-electron chi connectivity index (χ3n) is 2.99. The van der Waals surface area contributed by atoms with Crippen molar-refractivity contribution in [3.63, 3.8) is 0 Å². The Morgan fingerprint density at radius 3 is 1.37 bits per heavy atom. The van der Waals surface area contributed by atoms with Crippen molar-refractivity contribution in [2.45, 2.75) is 28.9 Å². The molecule has 1 heterocycles. The summed E-state index contributed by atoms with van der Waals surface area (Å²) in [5.74, 6) is -0.656. The molecule has 0 spiro atoms. The number of amides is 2. The third kappa shape index (κ3) is 5.54. The fourth-order valence-corrected chi connectivity index (χ4v) is 2.52. The lowest BCUT2D eigenvalue weighted by molar-refractivity contribution is -0.133. The molecular weight excluding hydrogens is 334 g/mol. The molecule has 110 valence electrons. The van der Waals surface area contributed by atoms with E-state index in [0.29, 0.717) is 26.2 Å². The van der Waals surface area contributed by atoms with E-state index in [2.05, 4.69) is 0 Å². The molecule has 1 aliphatic heterocycles. The highest BCUT2D eigenvalue weighted by molar-refractivity contribution is 6.53. The van der Waals surface area contributed by atoms with Gasteiger partial charge >= 0.3 is 0 Å². The summed E-state index contributed by atoms with van der Waals surface area (Å²) in [6, 6.07) is 0. The van der Waals surface area contributed by atoms with E-state index in [0.717, 1.165) is 19.3 Å². The second-order valence-corrected chi connectivity index (χ2v) is 6.51. The molecule has 1 saturated heterocycles.